The van der Waals surface area contributed by atoms with Crippen LogP contribution in [0.3, 0.4) is 0 Å². The van der Waals surface area contributed by atoms with E-state index in [1.165, 1.54) is 0 Å². The van der Waals surface area contributed by atoms with Gasteiger partial charge in [-0.25, -0.2) is 0 Å². The summed E-state index contributed by atoms with van der Waals surface area (Å²) in [4.78, 5) is 0. The summed E-state index contributed by atoms with van der Waals surface area (Å²) in [5.41, 5.74) is -1.33. The maximum atomic E-state index is 11.0. The molecule has 15 heavy (non-hydrogen) atoms. The van der Waals surface area contributed by atoms with Crippen LogP contribution < -0.4 is 4.74 Å². The first-order valence-corrected chi connectivity index (χ1v) is 5.87. The van der Waals surface area contributed by atoms with Crippen LogP contribution in [0, 0.1) is 0 Å². The van der Waals surface area contributed by atoms with Crippen molar-refractivity contribution in [2.75, 3.05) is 6.61 Å². The number of hydrogen-bond acceptors (Lipinski definition) is 4. The summed E-state index contributed by atoms with van der Waals surface area (Å²) in [5, 5.41) is 0. The van der Waals surface area contributed by atoms with Gasteiger partial charge in [-0.3, -0.25) is 4.55 Å². The zero-order valence-corrected chi connectivity index (χ0v) is 8.55. The highest BCUT2D eigenvalue weighted by atomic mass is 32.2. The van der Waals surface area contributed by atoms with Gasteiger partial charge >= 0.3 is 10.1 Å². The van der Waals surface area contributed by atoms with Crippen LogP contribution in [0.1, 0.15) is 0 Å². The molecule has 82 valence electrons. The van der Waals surface area contributed by atoms with Gasteiger partial charge in [0.15, 0.2) is 0 Å². The Morgan fingerprint density at radius 3 is 2.47 bits per heavy atom. The molecule has 2 atom stereocenters. The molecule has 0 saturated carbocycles. The van der Waals surface area contributed by atoms with Gasteiger partial charge < -0.3 is 9.47 Å². The van der Waals surface area contributed by atoms with Gasteiger partial charge in [0.2, 0.25) is 0 Å². The van der Waals surface area contributed by atoms with E-state index in [1.807, 2.05) is 0 Å². The van der Waals surface area contributed by atoms with Crippen molar-refractivity contribution >= 4 is 10.1 Å². The van der Waals surface area contributed by atoms with Crippen LogP contribution in [0.25, 0.3) is 0 Å². The molecular weight excluding hydrogens is 220 g/mol. The van der Waals surface area contributed by atoms with E-state index in [2.05, 4.69) is 0 Å². The fourth-order valence-electron chi connectivity index (χ4n) is 1.17. The van der Waals surface area contributed by atoms with Gasteiger partial charge in [-0.05, 0) is 12.1 Å². The highest BCUT2D eigenvalue weighted by molar-refractivity contribution is 7.86. The molecule has 2 rings (SSSR count). The number of rotatable bonds is 4. The summed E-state index contributed by atoms with van der Waals surface area (Å²) in [6.07, 6.45) is -0.569. The van der Waals surface area contributed by atoms with E-state index in [0.29, 0.717) is 5.75 Å². The molecule has 1 N–H and O–H groups in total. The number of benzene rings is 1. The van der Waals surface area contributed by atoms with Gasteiger partial charge in [0.05, 0.1) is 6.61 Å². The molecular formula is C9H10O5S. The molecule has 1 aliphatic heterocycles. The van der Waals surface area contributed by atoms with Crippen molar-refractivity contribution in [2.24, 2.45) is 0 Å². The van der Waals surface area contributed by atoms with Gasteiger partial charge in [-0.2, -0.15) is 8.42 Å². The molecule has 0 radical (unpaired) electrons. The number of epoxide rings is 1. The van der Waals surface area contributed by atoms with Crippen molar-refractivity contribution in [1.29, 1.82) is 0 Å². The minimum absolute atomic E-state index is 0.289. The third-order valence-corrected chi connectivity index (χ3v) is 2.94. The smallest absolute Gasteiger partial charge is 0.306 e. The summed E-state index contributed by atoms with van der Waals surface area (Å²) in [6, 6.07) is 8.43. The Morgan fingerprint density at radius 2 is 2.00 bits per heavy atom. The molecule has 1 saturated heterocycles. The quantitative estimate of drug-likeness (QED) is 0.608. The highest BCUT2D eigenvalue weighted by Crippen LogP contribution is 2.23. The van der Waals surface area contributed by atoms with Crippen LogP contribution >= 0.6 is 0 Å². The third kappa shape index (κ3) is 2.68. The second-order valence-corrected chi connectivity index (χ2v) is 4.68. The molecule has 1 heterocycles. The van der Waals surface area contributed by atoms with Crippen molar-refractivity contribution in [3.63, 3.8) is 0 Å². The lowest BCUT2D eigenvalue weighted by Crippen LogP contribution is -2.32. The Kier molecular flexibility index (Phi) is 2.64. The Bertz CT molecular complexity index is 423. The zero-order chi connectivity index (χ0) is 10.9. The topological polar surface area (TPSA) is 76.1 Å². The first-order chi connectivity index (χ1) is 7.07. The summed E-state index contributed by atoms with van der Waals surface area (Å²) < 4.78 is 40.8. The minimum atomic E-state index is -4.25. The molecule has 0 aromatic heterocycles. The molecule has 0 spiro atoms. The monoisotopic (exact) mass is 230 g/mol. The van der Waals surface area contributed by atoms with Crippen molar-refractivity contribution in [2.45, 2.75) is 11.5 Å². The van der Waals surface area contributed by atoms with Crippen molar-refractivity contribution < 1.29 is 22.4 Å². The molecule has 1 fully saturated rings. The van der Waals surface area contributed by atoms with Gasteiger partial charge in [0.1, 0.15) is 11.9 Å². The molecule has 1 aliphatic rings. The average molecular weight is 230 g/mol. The lowest BCUT2D eigenvalue weighted by molar-refractivity contribution is 0.211. The summed E-state index contributed by atoms with van der Waals surface area (Å²) in [7, 11) is -4.25. The van der Waals surface area contributed by atoms with E-state index < -0.39 is 21.7 Å². The molecule has 1 aromatic rings. The molecule has 0 amide bonds. The van der Waals surface area contributed by atoms with Crippen molar-refractivity contribution in [1.82, 2.24) is 0 Å². The van der Waals surface area contributed by atoms with Gasteiger partial charge in [0.25, 0.3) is 5.44 Å². The molecule has 0 aliphatic carbocycles. The maximum absolute atomic E-state index is 11.0. The van der Waals surface area contributed by atoms with Gasteiger partial charge in [-0.15, -0.1) is 0 Å². The van der Waals surface area contributed by atoms with E-state index in [4.69, 9.17) is 14.0 Å². The minimum Gasteiger partial charge on any atom is -0.469 e. The Hall–Kier alpha value is -1.11. The van der Waals surface area contributed by atoms with Crippen LogP contribution in [0.4, 0.5) is 0 Å². The fourth-order valence-corrected chi connectivity index (χ4v) is 1.95. The number of hydrogen-bond donors (Lipinski definition) is 1. The molecule has 5 nitrogen and oxygen atoms in total. The SMILES string of the molecule is O=S(=O)(O)C(Oc1ccccc1)C1CO1. The average Bonchev–Trinajstić information content (AvgIpc) is 2.97. The summed E-state index contributed by atoms with van der Waals surface area (Å²) >= 11 is 0. The Labute approximate surface area is 87.4 Å². The number of ether oxygens (including phenoxy) is 2. The lowest BCUT2D eigenvalue weighted by atomic mass is 10.3. The Balaban J connectivity index is 2.14. The zero-order valence-electron chi connectivity index (χ0n) is 7.74. The van der Waals surface area contributed by atoms with E-state index >= 15 is 0 Å². The van der Waals surface area contributed by atoms with Gasteiger partial charge in [-0.1, -0.05) is 18.2 Å². The van der Waals surface area contributed by atoms with E-state index in [1.54, 1.807) is 30.3 Å². The standard InChI is InChI=1S/C9H10O5S/c10-15(11,12)9(8-6-13-8)14-7-4-2-1-3-5-7/h1-5,8-9H,6H2,(H,10,11,12). The first-order valence-electron chi connectivity index (χ1n) is 4.37. The number of para-hydroxylation sites is 1. The van der Waals surface area contributed by atoms with Crippen LogP contribution in [-0.4, -0.2) is 31.1 Å². The normalized spacial score (nSPS) is 22.1. The molecule has 2 unspecified atom stereocenters. The predicted molar refractivity (Wildman–Crippen MR) is 52.1 cm³/mol. The third-order valence-electron chi connectivity index (χ3n) is 1.95. The molecule has 1 aromatic carbocycles. The van der Waals surface area contributed by atoms with Crippen LogP contribution in [-0.2, 0) is 14.9 Å². The van der Waals surface area contributed by atoms with Crippen molar-refractivity contribution in [3.05, 3.63) is 30.3 Å². The Morgan fingerprint density at radius 1 is 1.40 bits per heavy atom. The largest absolute Gasteiger partial charge is 0.469 e. The van der Waals surface area contributed by atoms with E-state index in [9.17, 15) is 8.42 Å². The van der Waals surface area contributed by atoms with E-state index in [-0.39, 0.29) is 6.61 Å². The summed E-state index contributed by atoms with van der Waals surface area (Å²) in [5.74, 6) is 0.385. The summed E-state index contributed by atoms with van der Waals surface area (Å²) in [6.45, 7) is 0.289. The molecule has 0 bridgehead atoms. The second kappa shape index (κ2) is 3.80. The molecule has 6 heteroatoms. The highest BCUT2D eigenvalue weighted by Gasteiger charge is 2.43. The lowest BCUT2D eigenvalue weighted by Gasteiger charge is -2.13. The second-order valence-electron chi connectivity index (χ2n) is 3.19. The predicted octanol–water partition coefficient (Wildman–Crippen LogP) is 0.678. The van der Waals surface area contributed by atoms with Crippen LogP contribution in [0.5, 0.6) is 5.75 Å². The first kappa shape index (κ1) is 10.4. The fraction of sp³-hybridized carbons (Fsp3) is 0.333. The van der Waals surface area contributed by atoms with E-state index in [0.717, 1.165) is 0 Å². The maximum Gasteiger partial charge on any atom is 0.306 e. The van der Waals surface area contributed by atoms with Gasteiger partial charge in [0, 0.05) is 0 Å². The van der Waals surface area contributed by atoms with Crippen molar-refractivity contribution in [3.8, 4) is 5.75 Å². The van der Waals surface area contributed by atoms with Crippen LogP contribution in [0.15, 0.2) is 30.3 Å². The van der Waals surface area contributed by atoms with Crippen LogP contribution in [0.2, 0.25) is 0 Å².